The summed E-state index contributed by atoms with van der Waals surface area (Å²) in [6, 6.07) is 12.7. The second-order valence-corrected chi connectivity index (χ2v) is 6.03. The quantitative estimate of drug-likeness (QED) is 0.909. The Morgan fingerprint density at radius 3 is 2.90 bits per heavy atom. The average Bonchev–Trinajstić information content (AvgIpc) is 2.79. The summed E-state index contributed by atoms with van der Waals surface area (Å²) in [6.07, 6.45) is 3.65. The zero-order chi connectivity index (χ0) is 14.7. The predicted octanol–water partition coefficient (Wildman–Crippen LogP) is 3.12. The number of fused-ring (bicyclic) bond motifs is 1. The van der Waals surface area contributed by atoms with Crippen LogP contribution in [0, 0.1) is 0 Å². The number of phenols is 1. The first-order valence-corrected chi connectivity index (χ1v) is 7.86. The maximum absolute atomic E-state index is 10.3. The largest absolute Gasteiger partial charge is 0.508 e. The third-order valence-corrected chi connectivity index (χ3v) is 4.59. The summed E-state index contributed by atoms with van der Waals surface area (Å²) in [7, 11) is 2.18. The van der Waals surface area contributed by atoms with Crippen LogP contribution in [-0.4, -0.2) is 36.2 Å². The van der Waals surface area contributed by atoms with Crippen LogP contribution in [0.3, 0.4) is 0 Å². The summed E-state index contributed by atoms with van der Waals surface area (Å²) >= 11 is 0. The van der Waals surface area contributed by atoms with Crippen molar-refractivity contribution in [1.29, 1.82) is 0 Å². The van der Waals surface area contributed by atoms with Crippen LogP contribution in [0.25, 0.3) is 10.8 Å². The van der Waals surface area contributed by atoms with E-state index in [-0.39, 0.29) is 0 Å². The Labute approximate surface area is 126 Å². The fraction of sp³-hybridized carbons (Fsp3) is 0.444. The van der Waals surface area contributed by atoms with Gasteiger partial charge in [-0.3, -0.25) is 4.90 Å². The predicted molar refractivity (Wildman–Crippen MR) is 87.6 cm³/mol. The molecule has 1 saturated heterocycles. The lowest BCUT2D eigenvalue weighted by molar-refractivity contribution is 0.215. The summed E-state index contributed by atoms with van der Waals surface area (Å²) in [5.41, 5.74) is 1.05. The highest BCUT2D eigenvalue weighted by Crippen LogP contribution is 2.29. The first kappa shape index (κ1) is 14.4. The van der Waals surface area contributed by atoms with E-state index in [9.17, 15) is 5.11 Å². The number of nitrogens with one attached hydrogen (secondary N) is 1. The third kappa shape index (κ3) is 3.20. The highest BCUT2D eigenvalue weighted by atomic mass is 16.3. The van der Waals surface area contributed by atoms with E-state index in [2.05, 4.69) is 29.4 Å². The molecule has 1 atom stereocenters. The number of aromatic hydroxyl groups is 1. The molecule has 0 amide bonds. The van der Waals surface area contributed by atoms with Gasteiger partial charge in [-0.25, -0.2) is 0 Å². The molecule has 0 bridgehead atoms. The van der Waals surface area contributed by atoms with E-state index in [0.717, 1.165) is 30.6 Å². The molecule has 1 unspecified atom stereocenters. The molecule has 2 N–H and O–H groups in total. The Bertz CT molecular complexity index is 603. The summed E-state index contributed by atoms with van der Waals surface area (Å²) in [6.45, 7) is 3.03. The van der Waals surface area contributed by atoms with Crippen molar-refractivity contribution in [2.75, 3.05) is 20.1 Å². The van der Waals surface area contributed by atoms with Gasteiger partial charge >= 0.3 is 0 Å². The minimum absolute atomic E-state index is 0.410. The van der Waals surface area contributed by atoms with E-state index >= 15 is 0 Å². The second kappa shape index (κ2) is 6.46. The molecule has 3 rings (SSSR count). The Hall–Kier alpha value is -1.58. The van der Waals surface area contributed by atoms with Crippen LogP contribution in [-0.2, 0) is 6.54 Å². The number of nitrogens with zero attached hydrogens (tertiary/aromatic N) is 1. The van der Waals surface area contributed by atoms with E-state index < -0.39 is 0 Å². The van der Waals surface area contributed by atoms with E-state index in [1.807, 2.05) is 24.3 Å². The molecule has 0 saturated carbocycles. The zero-order valence-electron chi connectivity index (χ0n) is 12.7. The van der Waals surface area contributed by atoms with E-state index in [1.54, 1.807) is 0 Å². The van der Waals surface area contributed by atoms with Crippen molar-refractivity contribution in [1.82, 2.24) is 10.2 Å². The van der Waals surface area contributed by atoms with Crippen LogP contribution in [0.1, 0.15) is 24.8 Å². The van der Waals surface area contributed by atoms with Gasteiger partial charge in [0.1, 0.15) is 5.75 Å². The Morgan fingerprint density at radius 2 is 2.00 bits per heavy atom. The van der Waals surface area contributed by atoms with Crippen LogP contribution in [0.15, 0.2) is 36.4 Å². The number of rotatable bonds is 3. The van der Waals surface area contributed by atoms with Crippen LogP contribution >= 0.6 is 0 Å². The molecule has 21 heavy (non-hydrogen) atoms. The molecule has 1 aliphatic rings. The van der Waals surface area contributed by atoms with Crippen molar-refractivity contribution < 1.29 is 5.11 Å². The van der Waals surface area contributed by atoms with E-state index in [4.69, 9.17) is 0 Å². The number of hydrogen-bond donors (Lipinski definition) is 2. The molecule has 1 fully saturated rings. The van der Waals surface area contributed by atoms with Gasteiger partial charge in [-0.05, 0) is 56.2 Å². The second-order valence-electron chi connectivity index (χ2n) is 6.03. The molecule has 0 spiro atoms. The first-order chi connectivity index (χ1) is 10.3. The third-order valence-electron chi connectivity index (χ3n) is 4.59. The van der Waals surface area contributed by atoms with Gasteiger partial charge in [0.25, 0.3) is 0 Å². The highest BCUT2D eigenvalue weighted by Gasteiger charge is 2.18. The van der Waals surface area contributed by atoms with Gasteiger partial charge in [0, 0.05) is 18.2 Å². The van der Waals surface area contributed by atoms with Crippen molar-refractivity contribution in [2.45, 2.75) is 31.8 Å². The zero-order valence-corrected chi connectivity index (χ0v) is 12.7. The fourth-order valence-corrected chi connectivity index (χ4v) is 3.31. The minimum Gasteiger partial charge on any atom is -0.508 e. The topological polar surface area (TPSA) is 35.5 Å². The average molecular weight is 284 g/mol. The molecule has 1 aliphatic heterocycles. The lowest BCUT2D eigenvalue weighted by atomic mass is 10.0. The van der Waals surface area contributed by atoms with Crippen molar-refractivity contribution in [2.24, 2.45) is 0 Å². The van der Waals surface area contributed by atoms with Crippen LogP contribution in [0.5, 0.6) is 5.75 Å². The lowest BCUT2D eigenvalue weighted by Gasteiger charge is -2.27. The van der Waals surface area contributed by atoms with Gasteiger partial charge in [0.2, 0.25) is 0 Å². The summed E-state index contributed by atoms with van der Waals surface area (Å²) in [5, 5.41) is 16.1. The number of hydrogen-bond acceptors (Lipinski definition) is 3. The Balaban J connectivity index is 1.85. The summed E-state index contributed by atoms with van der Waals surface area (Å²) in [4.78, 5) is 2.40. The molecule has 0 radical (unpaired) electrons. The lowest BCUT2D eigenvalue weighted by Crippen LogP contribution is -2.32. The number of benzene rings is 2. The van der Waals surface area contributed by atoms with Gasteiger partial charge in [-0.2, -0.15) is 0 Å². The normalized spacial score (nSPS) is 19.8. The van der Waals surface area contributed by atoms with Crippen molar-refractivity contribution in [3.05, 3.63) is 42.0 Å². The van der Waals surface area contributed by atoms with Gasteiger partial charge in [0.15, 0.2) is 0 Å². The molecule has 0 aromatic heterocycles. The molecular weight excluding hydrogens is 260 g/mol. The van der Waals surface area contributed by atoms with Gasteiger partial charge in [0.05, 0.1) is 0 Å². The van der Waals surface area contributed by atoms with Crippen molar-refractivity contribution >= 4 is 10.8 Å². The molecule has 2 aromatic carbocycles. The highest BCUT2D eigenvalue weighted by molar-refractivity contribution is 5.87. The van der Waals surface area contributed by atoms with Crippen LogP contribution in [0.4, 0.5) is 0 Å². The minimum atomic E-state index is 0.410. The first-order valence-electron chi connectivity index (χ1n) is 7.86. The summed E-state index contributed by atoms with van der Waals surface area (Å²) in [5.74, 6) is 0.410. The smallest absolute Gasteiger partial charge is 0.120 e. The Kier molecular flexibility index (Phi) is 4.42. The van der Waals surface area contributed by atoms with Crippen LogP contribution in [0.2, 0.25) is 0 Å². The van der Waals surface area contributed by atoms with Gasteiger partial charge < -0.3 is 10.4 Å². The molecule has 112 valence electrons. The van der Waals surface area contributed by atoms with Crippen molar-refractivity contribution in [3.63, 3.8) is 0 Å². The monoisotopic (exact) mass is 284 g/mol. The maximum atomic E-state index is 10.3. The SMILES string of the molecule is CN(Cc1c(O)ccc2ccccc12)C1CCCNCC1. The van der Waals surface area contributed by atoms with Crippen molar-refractivity contribution in [3.8, 4) is 5.75 Å². The molecule has 3 nitrogen and oxygen atoms in total. The van der Waals surface area contributed by atoms with Gasteiger partial charge in [-0.15, -0.1) is 0 Å². The van der Waals surface area contributed by atoms with Gasteiger partial charge in [-0.1, -0.05) is 30.3 Å². The van der Waals surface area contributed by atoms with E-state index in [1.165, 1.54) is 24.6 Å². The summed E-state index contributed by atoms with van der Waals surface area (Å²) < 4.78 is 0. The molecule has 1 heterocycles. The Morgan fingerprint density at radius 1 is 1.14 bits per heavy atom. The molecule has 2 aromatic rings. The molecular formula is C18H24N2O. The maximum Gasteiger partial charge on any atom is 0.120 e. The fourth-order valence-electron chi connectivity index (χ4n) is 3.31. The standard InChI is InChI=1S/C18H24N2O/c1-20(15-6-4-11-19-12-10-15)13-17-16-7-3-2-5-14(16)8-9-18(17)21/h2-3,5,7-9,15,19,21H,4,6,10-13H2,1H3. The van der Waals surface area contributed by atoms with E-state index in [0.29, 0.717) is 11.8 Å². The molecule has 0 aliphatic carbocycles. The number of phenolic OH excluding ortho intramolecular Hbond substituents is 1. The molecule has 3 heteroatoms. The van der Waals surface area contributed by atoms with Crippen LogP contribution < -0.4 is 5.32 Å².